The van der Waals surface area contributed by atoms with Crippen LogP contribution in [-0.2, 0) is 7.05 Å². The highest BCUT2D eigenvalue weighted by Gasteiger charge is 2.15. The predicted octanol–water partition coefficient (Wildman–Crippen LogP) is 1.85. The van der Waals surface area contributed by atoms with Crippen LogP contribution in [0.25, 0.3) is 5.95 Å². The normalized spacial score (nSPS) is 10.9. The van der Waals surface area contributed by atoms with Crippen LogP contribution in [0, 0.1) is 13.8 Å². The van der Waals surface area contributed by atoms with E-state index in [2.05, 4.69) is 25.1 Å². The molecule has 0 unspecified atom stereocenters. The van der Waals surface area contributed by atoms with Crippen molar-refractivity contribution in [1.29, 1.82) is 0 Å². The van der Waals surface area contributed by atoms with Crippen LogP contribution in [0.5, 0.6) is 11.8 Å². The molecule has 0 aliphatic heterocycles. The van der Waals surface area contributed by atoms with Gasteiger partial charge in [-0.25, -0.2) is 4.68 Å². The number of halogens is 1. The lowest BCUT2D eigenvalue weighted by Gasteiger charge is -2.06. The zero-order valence-electron chi connectivity index (χ0n) is 11.6. The summed E-state index contributed by atoms with van der Waals surface area (Å²) in [6.45, 7) is 3.74. The molecule has 21 heavy (non-hydrogen) atoms. The van der Waals surface area contributed by atoms with E-state index < -0.39 is 0 Å². The van der Waals surface area contributed by atoms with E-state index in [0.29, 0.717) is 5.75 Å². The smallest absolute Gasteiger partial charge is 0.328 e. The van der Waals surface area contributed by atoms with Crippen molar-refractivity contribution in [2.45, 2.75) is 13.8 Å². The summed E-state index contributed by atoms with van der Waals surface area (Å²) in [5.41, 5.74) is 1.61. The maximum absolute atomic E-state index is 5.91. The van der Waals surface area contributed by atoms with Gasteiger partial charge in [-0.1, -0.05) is 0 Å². The molecule has 3 heterocycles. The van der Waals surface area contributed by atoms with Gasteiger partial charge in [0.1, 0.15) is 5.69 Å². The van der Waals surface area contributed by atoms with Gasteiger partial charge in [0.15, 0.2) is 5.75 Å². The number of hydrogen-bond donors (Lipinski definition) is 0. The number of ether oxygens (including phenoxy) is 1. The minimum absolute atomic E-state index is 0.0321. The van der Waals surface area contributed by atoms with Crippen LogP contribution < -0.4 is 4.74 Å². The third-order valence-corrected chi connectivity index (χ3v) is 3.09. The summed E-state index contributed by atoms with van der Waals surface area (Å²) >= 11 is 5.91. The summed E-state index contributed by atoms with van der Waals surface area (Å²) in [4.78, 5) is 12.2. The fraction of sp³-hybridized carbons (Fsp3) is 0.250. The fourth-order valence-electron chi connectivity index (χ4n) is 1.85. The molecular weight excluding hydrogens is 294 g/mol. The lowest BCUT2D eigenvalue weighted by Crippen LogP contribution is -2.05. The Balaban J connectivity index is 1.99. The fourth-order valence-corrected chi connectivity index (χ4v) is 2.00. The Morgan fingerprint density at radius 2 is 2.00 bits per heavy atom. The van der Waals surface area contributed by atoms with Crippen LogP contribution >= 0.6 is 11.6 Å². The molecule has 108 valence electrons. The van der Waals surface area contributed by atoms with Gasteiger partial charge in [-0.2, -0.15) is 25.1 Å². The standard InChI is InChI=1S/C12H12ClN7O/c1-7-9(8(2)19(3)18-7)21-12-16-10(13)15-11(17-12)20-6-4-5-14-20/h4-6H,1-3H3. The van der Waals surface area contributed by atoms with Crippen molar-refractivity contribution >= 4 is 11.6 Å². The summed E-state index contributed by atoms with van der Waals surface area (Å²) in [7, 11) is 1.84. The van der Waals surface area contributed by atoms with Crippen LogP contribution in [0.1, 0.15) is 11.4 Å². The molecule has 9 heteroatoms. The monoisotopic (exact) mass is 305 g/mol. The Kier molecular flexibility index (Phi) is 3.30. The molecule has 3 rings (SSSR count). The summed E-state index contributed by atoms with van der Waals surface area (Å²) in [6.07, 6.45) is 3.32. The minimum atomic E-state index is 0.0321. The van der Waals surface area contributed by atoms with E-state index in [1.165, 1.54) is 4.68 Å². The van der Waals surface area contributed by atoms with Gasteiger partial charge < -0.3 is 4.74 Å². The van der Waals surface area contributed by atoms with Crippen molar-refractivity contribution in [1.82, 2.24) is 34.5 Å². The van der Waals surface area contributed by atoms with Crippen LogP contribution in [0.2, 0.25) is 5.28 Å². The molecule has 0 spiro atoms. The molecule has 0 saturated heterocycles. The maximum Gasteiger partial charge on any atom is 0.328 e. The third kappa shape index (κ3) is 2.57. The molecule has 3 aromatic heterocycles. The van der Waals surface area contributed by atoms with Crippen LogP contribution in [0.3, 0.4) is 0 Å². The van der Waals surface area contributed by atoms with Crippen LogP contribution in [-0.4, -0.2) is 34.5 Å². The van der Waals surface area contributed by atoms with E-state index in [9.17, 15) is 0 Å². The van der Waals surface area contributed by atoms with E-state index >= 15 is 0 Å². The average molecular weight is 306 g/mol. The first-order valence-corrected chi connectivity index (χ1v) is 6.52. The molecule has 0 atom stereocenters. The SMILES string of the molecule is Cc1nn(C)c(C)c1Oc1nc(Cl)nc(-n2cccn2)n1. The summed E-state index contributed by atoms with van der Waals surface area (Å²) in [5.74, 6) is 0.889. The molecule has 0 aliphatic carbocycles. The molecule has 0 N–H and O–H groups in total. The van der Waals surface area contributed by atoms with E-state index in [0.717, 1.165) is 11.4 Å². The van der Waals surface area contributed by atoms with Gasteiger partial charge in [-0.05, 0) is 31.5 Å². The molecular formula is C12H12ClN7O. The molecule has 0 radical (unpaired) electrons. The molecule has 0 aliphatic rings. The van der Waals surface area contributed by atoms with Gasteiger partial charge in [0, 0.05) is 19.4 Å². The first kappa shape index (κ1) is 13.5. The zero-order valence-corrected chi connectivity index (χ0v) is 12.4. The van der Waals surface area contributed by atoms with Crippen molar-refractivity contribution in [2.75, 3.05) is 0 Å². The van der Waals surface area contributed by atoms with Gasteiger partial charge >= 0.3 is 6.01 Å². The Morgan fingerprint density at radius 3 is 2.62 bits per heavy atom. The van der Waals surface area contributed by atoms with Crippen molar-refractivity contribution in [3.8, 4) is 17.7 Å². The Morgan fingerprint density at radius 1 is 1.19 bits per heavy atom. The minimum Gasteiger partial charge on any atom is -0.420 e. The van der Waals surface area contributed by atoms with E-state index in [1.54, 1.807) is 23.1 Å². The average Bonchev–Trinajstić information content (AvgIpc) is 3.04. The van der Waals surface area contributed by atoms with Crippen molar-refractivity contribution in [2.24, 2.45) is 7.05 Å². The molecule has 0 saturated carbocycles. The molecule has 0 fully saturated rings. The van der Waals surface area contributed by atoms with Gasteiger partial charge in [-0.3, -0.25) is 4.68 Å². The van der Waals surface area contributed by atoms with Crippen molar-refractivity contribution in [3.05, 3.63) is 35.1 Å². The molecule has 0 bridgehead atoms. The largest absolute Gasteiger partial charge is 0.420 e. The van der Waals surface area contributed by atoms with Gasteiger partial charge in [0.2, 0.25) is 5.28 Å². The maximum atomic E-state index is 5.91. The number of nitrogens with zero attached hydrogens (tertiary/aromatic N) is 7. The lowest BCUT2D eigenvalue weighted by atomic mass is 10.3. The van der Waals surface area contributed by atoms with E-state index in [4.69, 9.17) is 16.3 Å². The predicted molar refractivity (Wildman–Crippen MR) is 74.7 cm³/mol. The summed E-state index contributed by atoms with van der Waals surface area (Å²) < 4.78 is 8.91. The molecule has 0 amide bonds. The number of rotatable bonds is 3. The third-order valence-electron chi connectivity index (χ3n) is 2.92. The number of aromatic nitrogens is 7. The van der Waals surface area contributed by atoms with Crippen LogP contribution in [0.15, 0.2) is 18.5 Å². The Labute approximate surface area is 125 Å². The molecule has 0 aromatic carbocycles. The van der Waals surface area contributed by atoms with Gasteiger partial charge in [0.25, 0.3) is 5.95 Å². The Hall–Kier alpha value is -2.48. The highest BCUT2D eigenvalue weighted by molar-refractivity contribution is 6.28. The summed E-state index contributed by atoms with van der Waals surface area (Å²) in [6, 6.07) is 1.85. The van der Waals surface area contributed by atoms with E-state index in [1.807, 2.05) is 20.9 Å². The zero-order chi connectivity index (χ0) is 15.0. The summed E-state index contributed by atoms with van der Waals surface area (Å²) in [5, 5.41) is 8.35. The number of hydrogen-bond acceptors (Lipinski definition) is 6. The van der Waals surface area contributed by atoms with Crippen LogP contribution in [0.4, 0.5) is 0 Å². The second-order valence-corrected chi connectivity index (χ2v) is 4.70. The van der Waals surface area contributed by atoms with Gasteiger partial charge in [-0.15, -0.1) is 0 Å². The highest BCUT2D eigenvalue weighted by Crippen LogP contribution is 2.26. The van der Waals surface area contributed by atoms with E-state index in [-0.39, 0.29) is 17.2 Å². The topological polar surface area (TPSA) is 83.5 Å². The Bertz CT molecular complexity index is 781. The second kappa shape index (κ2) is 5.13. The first-order chi connectivity index (χ1) is 10.0. The van der Waals surface area contributed by atoms with Gasteiger partial charge in [0.05, 0.1) is 5.69 Å². The van der Waals surface area contributed by atoms with Crippen molar-refractivity contribution in [3.63, 3.8) is 0 Å². The molecule has 3 aromatic rings. The number of aryl methyl sites for hydroxylation is 2. The second-order valence-electron chi connectivity index (χ2n) is 4.36. The first-order valence-electron chi connectivity index (χ1n) is 6.14. The highest BCUT2D eigenvalue weighted by atomic mass is 35.5. The van der Waals surface area contributed by atoms with Crippen molar-refractivity contribution < 1.29 is 4.74 Å². The lowest BCUT2D eigenvalue weighted by molar-refractivity contribution is 0.430. The molecule has 8 nitrogen and oxygen atoms in total. The quantitative estimate of drug-likeness (QED) is 0.734.